The smallest absolute Gasteiger partial charge is 0.306 e. The van der Waals surface area contributed by atoms with Gasteiger partial charge in [-0.1, -0.05) is 78.1 Å². The molecule has 0 saturated heterocycles. The zero-order chi connectivity index (χ0) is 15.5. The van der Waals surface area contributed by atoms with E-state index in [-0.39, 0.29) is 5.92 Å². The third-order valence-corrected chi connectivity index (χ3v) is 5.32. The molecule has 0 aromatic carbocycles. The van der Waals surface area contributed by atoms with Crippen molar-refractivity contribution >= 4 is 5.97 Å². The molecule has 2 atom stereocenters. The van der Waals surface area contributed by atoms with Crippen LogP contribution in [0.2, 0.25) is 0 Å². The summed E-state index contributed by atoms with van der Waals surface area (Å²) < 4.78 is 0. The van der Waals surface area contributed by atoms with Gasteiger partial charge in [0.05, 0.1) is 5.92 Å². The van der Waals surface area contributed by atoms with Crippen molar-refractivity contribution in [3.8, 4) is 0 Å². The minimum absolute atomic E-state index is 0.121. The Labute approximate surface area is 131 Å². The van der Waals surface area contributed by atoms with E-state index in [2.05, 4.69) is 6.92 Å². The van der Waals surface area contributed by atoms with Crippen LogP contribution >= 0.6 is 0 Å². The number of aliphatic carboxylic acids is 1. The number of hydrogen-bond donors (Lipinski definition) is 1. The maximum atomic E-state index is 11.3. The second-order valence-electron chi connectivity index (χ2n) is 7.13. The van der Waals surface area contributed by atoms with E-state index in [0.29, 0.717) is 5.92 Å². The van der Waals surface area contributed by atoms with Gasteiger partial charge >= 0.3 is 5.97 Å². The topological polar surface area (TPSA) is 37.3 Å². The molecule has 1 aliphatic carbocycles. The minimum Gasteiger partial charge on any atom is -0.481 e. The van der Waals surface area contributed by atoms with E-state index in [9.17, 15) is 9.90 Å². The highest BCUT2D eigenvalue weighted by Gasteiger charge is 2.24. The predicted molar refractivity (Wildman–Crippen MR) is 89.5 cm³/mol. The van der Waals surface area contributed by atoms with Gasteiger partial charge in [-0.3, -0.25) is 4.79 Å². The quantitative estimate of drug-likeness (QED) is 0.472. The van der Waals surface area contributed by atoms with Gasteiger partial charge in [-0.25, -0.2) is 0 Å². The molecule has 124 valence electrons. The Morgan fingerprint density at radius 1 is 1.10 bits per heavy atom. The lowest BCUT2D eigenvalue weighted by atomic mass is 9.78. The van der Waals surface area contributed by atoms with Crippen LogP contribution in [0, 0.1) is 17.8 Å². The van der Waals surface area contributed by atoms with Crippen LogP contribution in [0.3, 0.4) is 0 Å². The third kappa shape index (κ3) is 7.87. The van der Waals surface area contributed by atoms with Crippen molar-refractivity contribution in [2.24, 2.45) is 17.8 Å². The molecule has 0 aliphatic heterocycles. The molecule has 0 amide bonds. The van der Waals surface area contributed by atoms with E-state index in [0.717, 1.165) is 18.8 Å². The van der Waals surface area contributed by atoms with E-state index < -0.39 is 5.97 Å². The zero-order valence-electron chi connectivity index (χ0n) is 14.3. The summed E-state index contributed by atoms with van der Waals surface area (Å²) >= 11 is 0. The standard InChI is InChI=1S/C19H36O2/c1-3-5-6-8-13-17(15-18(4-2)19(20)21)14-16-11-9-7-10-12-16/h16-18H,3-15H2,1-2H3,(H,20,21). The molecule has 0 aromatic heterocycles. The van der Waals surface area contributed by atoms with E-state index in [1.165, 1.54) is 70.6 Å². The number of carbonyl (C=O) groups is 1. The van der Waals surface area contributed by atoms with E-state index in [4.69, 9.17) is 0 Å². The Balaban J connectivity index is 2.44. The molecule has 2 unspecified atom stereocenters. The molecule has 1 fully saturated rings. The first kappa shape index (κ1) is 18.5. The van der Waals surface area contributed by atoms with E-state index >= 15 is 0 Å². The summed E-state index contributed by atoms with van der Waals surface area (Å²) in [6, 6.07) is 0. The largest absolute Gasteiger partial charge is 0.481 e. The monoisotopic (exact) mass is 296 g/mol. The van der Waals surface area contributed by atoms with Crippen molar-refractivity contribution in [1.29, 1.82) is 0 Å². The molecular weight excluding hydrogens is 260 g/mol. The fourth-order valence-electron chi connectivity index (χ4n) is 3.93. The van der Waals surface area contributed by atoms with E-state index in [1.807, 2.05) is 6.92 Å². The summed E-state index contributed by atoms with van der Waals surface area (Å²) in [6.07, 6.45) is 16.4. The van der Waals surface area contributed by atoms with Crippen LogP contribution in [0.4, 0.5) is 0 Å². The summed E-state index contributed by atoms with van der Waals surface area (Å²) in [5, 5.41) is 9.34. The first-order valence-corrected chi connectivity index (χ1v) is 9.40. The Morgan fingerprint density at radius 2 is 1.81 bits per heavy atom. The van der Waals surface area contributed by atoms with Crippen molar-refractivity contribution in [2.75, 3.05) is 0 Å². The summed E-state index contributed by atoms with van der Waals surface area (Å²) in [5.74, 6) is 0.816. The molecule has 0 aromatic rings. The highest BCUT2D eigenvalue weighted by Crippen LogP contribution is 2.34. The number of carboxylic acids is 1. The molecule has 0 heterocycles. The SMILES string of the molecule is CCCCCCC(CC1CCCCC1)CC(CC)C(=O)O. The Hall–Kier alpha value is -0.530. The van der Waals surface area contributed by atoms with Crippen LogP contribution in [0.15, 0.2) is 0 Å². The van der Waals surface area contributed by atoms with Crippen LogP contribution in [0.1, 0.15) is 97.3 Å². The van der Waals surface area contributed by atoms with Gasteiger partial charge in [0.2, 0.25) is 0 Å². The lowest BCUT2D eigenvalue weighted by Crippen LogP contribution is -2.20. The second-order valence-corrected chi connectivity index (χ2v) is 7.13. The second kappa shape index (κ2) is 11.1. The van der Waals surface area contributed by atoms with Gasteiger partial charge in [0.25, 0.3) is 0 Å². The summed E-state index contributed by atoms with van der Waals surface area (Å²) in [5.41, 5.74) is 0. The number of carboxylic acid groups (broad SMARTS) is 1. The molecule has 1 saturated carbocycles. The Kier molecular flexibility index (Phi) is 9.78. The van der Waals surface area contributed by atoms with Crippen LogP contribution in [0.25, 0.3) is 0 Å². The lowest BCUT2D eigenvalue weighted by Gasteiger charge is -2.28. The summed E-state index contributed by atoms with van der Waals surface area (Å²) in [7, 11) is 0. The van der Waals surface area contributed by atoms with Gasteiger partial charge in [-0.15, -0.1) is 0 Å². The number of rotatable bonds is 11. The molecule has 1 aliphatic rings. The Bertz CT molecular complexity index is 269. The molecule has 0 spiro atoms. The van der Waals surface area contributed by atoms with Crippen molar-refractivity contribution in [1.82, 2.24) is 0 Å². The molecule has 2 nitrogen and oxygen atoms in total. The van der Waals surface area contributed by atoms with Crippen molar-refractivity contribution in [3.63, 3.8) is 0 Å². The van der Waals surface area contributed by atoms with Crippen molar-refractivity contribution < 1.29 is 9.90 Å². The lowest BCUT2D eigenvalue weighted by molar-refractivity contribution is -0.142. The van der Waals surface area contributed by atoms with Crippen LogP contribution in [-0.2, 0) is 4.79 Å². The molecular formula is C19H36O2. The van der Waals surface area contributed by atoms with Gasteiger partial charge in [0, 0.05) is 0 Å². The van der Waals surface area contributed by atoms with E-state index in [1.54, 1.807) is 0 Å². The number of unbranched alkanes of at least 4 members (excludes halogenated alkanes) is 3. The molecule has 1 rings (SSSR count). The van der Waals surface area contributed by atoms with Gasteiger partial charge in [0.15, 0.2) is 0 Å². The van der Waals surface area contributed by atoms with Gasteiger partial charge in [-0.2, -0.15) is 0 Å². The minimum atomic E-state index is -0.584. The van der Waals surface area contributed by atoms with Crippen LogP contribution in [-0.4, -0.2) is 11.1 Å². The maximum Gasteiger partial charge on any atom is 0.306 e. The first-order valence-electron chi connectivity index (χ1n) is 9.40. The average molecular weight is 296 g/mol. The normalized spacial score (nSPS) is 19.3. The molecule has 21 heavy (non-hydrogen) atoms. The summed E-state index contributed by atoms with van der Waals surface area (Å²) in [6.45, 7) is 4.27. The van der Waals surface area contributed by atoms with Crippen LogP contribution < -0.4 is 0 Å². The Morgan fingerprint density at radius 3 is 2.38 bits per heavy atom. The zero-order valence-corrected chi connectivity index (χ0v) is 14.3. The van der Waals surface area contributed by atoms with Crippen molar-refractivity contribution in [2.45, 2.75) is 97.3 Å². The highest BCUT2D eigenvalue weighted by atomic mass is 16.4. The third-order valence-electron chi connectivity index (χ3n) is 5.32. The highest BCUT2D eigenvalue weighted by molar-refractivity contribution is 5.69. The summed E-state index contributed by atoms with van der Waals surface area (Å²) in [4.78, 5) is 11.3. The fraction of sp³-hybridized carbons (Fsp3) is 0.947. The first-order chi connectivity index (χ1) is 10.2. The molecule has 0 bridgehead atoms. The maximum absolute atomic E-state index is 11.3. The van der Waals surface area contributed by atoms with Crippen molar-refractivity contribution in [3.05, 3.63) is 0 Å². The molecule has 1 N–H and O–H groups in total. The fourth-order valence-corrected chi connectivity index (χ4v) is 3.93. The van der Waals surface area contributed by atoms with Gasteiger partial charge in [0.1, 0.15) is 0 Å². The van der Waals surface area contributed by atoms with Crippen LogP contribution in [0.5, 0.6) is 0 Å². The number of hydrogen-bond acceptors (Lipinski definition) is 1. The predicted octanol–water partition coefficient (Wildman–Crippen LogP) is 6.04. The van der Waals surface area contributed by atoms with Gasteiger partial charge in [-0.05, 0) is 31.1 Å². The van der Waals surface area contributed by atoms with Gasteiger partial charge < -0.3 is 5.11 Å². The average Bonchev–Trinajstić information content (AvgIpc) is 2.49. The molecule has 0 radical (unpaired) electrons. The molecule has 2 heteroatoms.